The second-order valence-electron chi connectivity index (χ2n) is 3.61. The maximum atomic E-state index is 4.61. The molecule has 3 nitrogen and oxygen atoms in total. The summed E-state index contributed by atoms with van der Waals surface area (Å²) >= 11 is 1.61. The van der Waals surface area contributed by atoms with Crippen molar-refractivity contribution in [3.05, 3.63) is 67.0 Å². The van der Waals surface area contributed by atoms with Crippen molar-refractivity contribution in [2.45, 2.75) is 0 Å². The molecular weight excluding hydrogens is 441 g/mol. The minimum Gasteiger partial charge on any atom is -0.279 e. The first-order valence-electron chi connectivity index (χ1n) is 5.49. The first-order valence-corrected chi connectivity index (χ1v) is 8.31. The summed E-state index contributed by atoms with van der Waals surface area (Å²) < 4.78 is 1.74. The standard InChI is InChI=1S/C14H10N3.ClH.Pt/c1-2-6-12(7-3-1)13-8-4-9-14(16-13)17-11-5-10-15-17;;/h1-6,8-11H;1H;/q-1;;+2/p-1. The molecule has 2 aromatic heterocycles. The fraction of sp³-hybridized carbons (Fsp3) is 0. The number of nitrogens with zero attached hydrogens (tertiary/aromatic N) is 3. The van der Waals surface area contributed by atoms with E-state index in [1.165, 1.54) is 0 Å². The molecule has 0 aliphatic rings. The second-order valence-corrected chi connectivity index (χ2v) is 3.61. The summed E-state index contributed by atoms with van der Waals surface area (Å²) in [6.45, 7) is 0. The molecule has 1 aromatic carbocycles. The van der Waals surface area contributed by atoms with Crippen LogP contribution in [0.3, 0.4) is 0 Å². The Hall–Kier alpha value is -1.44. The van der Waals surface area contributed by atoms with Gasteiger partial charge in [0.15, 0.2) is 0 Å². The molecule has 0 atom stereocenters. The average Bonchev–Trinajstić information content (AvgIpc) is 3.05. The molecule has 0 bridgehead atoms. The zero-order valence-electron chi connectivity index (χ0n) is 9.81. The molecule has 0 aliphatic heterocycles. The van der Waals surface area contributed by atoms with E-state index in [1.807, 2.05) is 54.7 Å². The number of halogens is 1. The molecule has 0 saturated carbocycles. The van der Waals surface area contributed by atoms with Crippen molar-refractivity contribution in [2.75, 3.05) is 0 Å². The Morgan fingerprint density at radius 2 is 1.95 bits per heavy atom. The van der Waals surface area contributed by atoms with Crippen LogP contribution in [-0.4, -0.2) is 14.8 Å². The third-order valence-electron chi connectivity index (χ3n) is 2.46. The molecule has 3 aromatic rings. The minimum atomic E-state index is 0.810. The summed E-state index contributed by atoms with van der Waals surface area (Å²) in [5.41, 5.74) is 1.89. The van der Waals surface area contributed by atoms with Gasteiger partial charge in [-0.1, -0.05) is 12.1 Å². The number of hydrogen-bond donors (Lipinski definition) is 0. The van der Waals surface area contributed by atoms with Gasteiger partial charge in [-0.05, 0) is 17.8 Å². The van der Waals surface area contributed by atoms with Gasteiger partial charge in [-0.3, -0.25) is 4.98 Å². The Bertz CT molecular complexity index is 612. The van der Waals surface area contributed by atoms with Gasteiger partial charge in [0.25, 0.3) is 0 Å². The molecule has 5 heteroatoms. The van der Waals surface area contributed by atoms with Gasteiger partial charge >= 0.3 is 28.2 Å². The third-order valence-corrected chi connectivity index (χ3v) is 2.46. The van der Waals surface area contributed by atoms with Gasteiger partial charge in [0.1, 0.15) is 5.82 Å². The van der Waals surface area contributed by atoms with Crippen LogP contribution in [0.2, 0.25) is 0 Å². The molecule has 0 amide bonds. The summed E-state index contributed by atoms with van der Waals surface area (Å²) in [6.07, 6.45) is 3.61. The molecular formula is C14H10ClN3Pt. The third kappa shape index (κ3) is 3.52. The van der Waals surface area contributed by atoms with Gasteiger partial charge in [0.05, 0.1) is 0 Å². The second kappa shape index (κ2) is 7.22. The summed E-state index contributed by atoms with van der Waals surface area (Å²) in [4.78, 5) is 4.55. The predicted octanol–water partition coefficient (Wildman–Crippen LogP) is 3.42. The average molecular weight is 451 g/mol. The van der Waals surface area contributed by atoms with Crippen molar-refractivity contribution in [3.8, 4) is 17.1 Å². The number of rotatable bonds is 2. The van der Waals surface area contributed by atoms with E-state index in [1.54, 1.807) is 29.7 Å². The van der Waals surface area contributed by atoms with Crippen LogP contribution < -0.4 is 0 Å². The van der Waals surface area contributed by atoms with E-state index in [2.05, 4.69) is 25.6 Å². The molecule has 98 valence electrons. The zero-order valence-corrected chi connectivity index (χ0v) is 12.8. The van der Waals surface area contributed by atoms with Gasteiger partial charge in [-0.25, -0.2) is 4.68 Å². The molecule has 0 fully saturated rings. The van der Waals surface area contributed by atoms with Crippen LogP contribution in [0.5, 0.6) is 0 Å². The van der Waals surface area contributed by atoms with Crippen molar-refractivity contribution in [2.24, 2.45) is 0 Å². The molecule has 0 aliphatic carbocycles. The van der Waals surface area contributed by atoms with Crippen molar-refractivity contribution in [1.29, 1.82) is 0 Å². The van der Waals surface area contributed by atoms with E-state index < -0.39 is 0 Å². The topological polar surface area (TPSA) is 30.7 Å². The summed E-state index contributed by atoms with van der Waals surface area (Å²) in [6, 6.07) is 18.7. The summed E-state index contributed by atoms with van der Waals surface area (Å²) in [7, 11) is 4.61. The molecule has 0 radical (unpaired) electrons. The first-order chi connectivity index (χ1) is 9.43. The molecule has 0 spiro atoms. The van der Waals surface area contributed by atoms with Crippen LogP contribution >= 0.6 is 9.42 Å². The van der Waals surface area contributed by atoms with E-state index in [0.717, 1.165) is 17.1 Å². The molecule has 0 unspecified atom stereocenters. The molecule has 3 rings (SSSR count). The Labute approximate surface area is 127 Å². The zero-order chi connectivity index (χ0) is 13.5. The molecule has 0 N–H and O–H groups in total. The summed E-state index contributed by atoms with van der Waals surface area (Å²) in [5.74, 6) is 0.810. The Kier molecular flexibility index (Phi) is 5.31. The maximum Gasteiger partial charge on any atom is 0.144 e. The summed E-state index contributed by atoms with van der Waals surface area (Å²) in [5, 5.41) is 4.17. The monoisotopic (exact) mass is 450 g/mol. The molecule has 2 heterocycles. The van der Waals surface area contributed by atoms with Gasteiger partial charge < -0.3 is 0 Å². The van der Waals surface area contributed by atoms with Crippen molar-refractivity contribution in [3.63, 3.8) is 0 Å². The van der Waals surface area contributed by atoms with Crippen LogP contribution in [-0.2, 0) is 18.8 Å². The van der Waals surface area contributed by atoms with Gasteiger partial charge in [0.2, 0.25) is 0 Å². The van der Waals surface area contributed by atoms with Crippen LogP contribution in [0, 0.1) is 6.07 Å². The first kappa shape index (κ1) is 14.0. The van der Waals surface area contributed by atoms with Crippen LogP contribution in [0.15, 0.2) is 60.9 Å². The fourth-order valence-corrected chi connectivity index (χ4v) is 1.66. The van der Waals surface area contributed by atoms with E-state index in [4.69, 9.17) is 0 Å². The number of benzene rings is 1. The van der Waals surface area contributed by atoms with E-state index in [9.17, 15) is 0 Å². The van der Waals surface area contributed by atoms with Crippen LogP contribution in [0.1, 0.15) is 0 Å². The predicted molar refractivity (Wildman–Crippen MR) is 71.5 cm³/mol. The minimum absolute atomic E-state index is 0.810. The molecule has 19 heavy (non-hydrogen) atoms. The van der Waals surface area contributed by atoms with E-state index in [0.29, 0.717) is 0 Å². The van der Waals surface area contributed by atoms with Crippen LogP contribution in [0.4, 0.5) is 0 Å². The van der Waals surface area contributed by atoms with Gasteiger partial charge in [-0.2, -0.15) is 5.10 Å². The SMILES string of the molecule is [Cl][Pt+].[c-]1ccccc1-c1cccc(-n2cccn2)n1. The van der Waals surface area contributed by atoms with Crippen molar-refractivity contribution < 1.29 is 18.8 Å². The Morgan fingerprint density at radius 1 is 1.05 bits per heavy atom. The largest absolute Gasteiger partial charge is 0.279 e. The Morgan fingerprint density at radius 3 is 2.63 bits per heavy atom. The van der Waals surface area contributed by atoms with Gasteiger partial charge in [0, 0.05) is 12.4 Å². The normalized spacial score (nSPS) is 9.63. The smallest absolute Gasteiger partial charge is 0.144 e. The van der Waals surface area contributed by atoms with E-state index >= 15 is 0 Å². The van der Waals surface area contributed by atoms with Crippen molar-refractivity contribution in [1.82, 2.24) is 14.8 Å². The number of aromatic nitrogens is 3. The van der Waals surface area contributed by atoms with Gasteiger partial charge in [-0.15, -0.1) is 35.9 Å². The van der Waals surface area contributed by atoms with Crippen LogP contribution in [0.25, 0.3) is 17.1 Å². The Balaban J connectivity index is 0.000000637. The van der Waals surface area contributed by atoms with E-state index in [-0.39, 0.29) is 0 Å². The quantitative estimate of drug-likeness (QED) is 0.560. The number of hydrogen-bond acceptors (Lipinski definition) is 2. The molecule has 0 saturated heterocycles. The number of pyridine rings is 1. The fourth-order valence-electron chi connectivity index (χ4n) is 1.66. The maximum absolute atomic E-state index is 4.61. The van der Waals surface area contributed by atoms with Crippen molar-refractivity contribution >= 4 is 9.42 Å².